The molecule has 0 saturated carbocycles. The Morgan fingerprint density at radius 2 is 2.14 bits per heavy atom. The zero-order valence-corrected chi connectivity index (χ0v) is 17.7. The molecule has 9 heteroatoms. The van der Waals surface area contributed by atoms with Crippen LogP contribution in [-0.4, -0.2) is 32.8 Å². The van der Waals surface area contributed by atoms with Gasteiger partial charge in [0.2, 0.25) is 0 Å². The minimum atomic E-state index is -0.194. The smallest absolute Gasteiger partial charge is 0.278 e. The van der Waals surface area contributed by atoms with E-state index in [4.69, 9.17) is 21.3 Å². The van der Waals surface area contributed by atoms with Gasteiger partial charge in [-0.25, -0.2) is 4.98 Å². The molecule has 0 aliphatic rings. The number of rotatable bonds is 5. The number of hydrogen-bond acceptors (Lipinski definition) is 6. The molecular weight excluding hydrogens is 410 g/mol. The highest BCUT2D eigenvalue weighted by molar-refractivity contribution is 7.23. The zero-order chi connectivity index (χ0) is 20.5. The summed E-state index contributed by atoms with van der Waals surface area (Å²) in [6.07, 6.45) is 5.11. The van der Waals surface area contributed by atoms with E-state index in [1.807, 2.05) is 19.1 Å². The summed E-state index contributed by atoms with van der Waals surface area (Å²) in [7, 11) is 3.33. The predicted molar refractivity (Wildman–Crippen MR) is 114 cm³/mol. The molecule has 3 heterocycles. The molecule has 3 aromatic heterocycles. The fraction of sp³-hybridized carbons (Fsp3) is 0.200. The molecule has 0 saturated heterocycles. The lowest BCUT2D eigenvalue weighted by Crippen LogP contribution is -2.32. The average molecular weight is 428 g/mol. The lowest BCUT2D eigenvalue weighted by molar-refractivity contribution is 0.0975. The summed E-state index contributed by atoms with van der Waals surface area (Å²) in [6.45, 7) is 2.18. The summed E-state index contributed by atoms with van der Waals surface area (Å²) >= 11 is 7.73. The first kappa shape index (κ1) is 19.4. The van der Waals surface area contributed by atoms with Crippen molar-refractivity contribution in [2.24, 2.45) is 7.05 Å². The number of nitrogens with zero attached hydrogens (tertiary/aromatic N) is 5. The largest absolute Gasteiger partial charge is 0.494 e. The fourth-order valence-electron chi connectivity index (χ4n) is 3.10. The second-order valence-corrected chi connectivity index (χ2v) is 7.86. The molecule has 0 unspecified atom stereocenters. The molecule has 29 heavy (non-hydrogen) atoms. The number of fused-ring (bicyclic) bond motifs is 1. The third-order valence-electron chi connectivity index (χ3n) is 4.53. The minimum absolute atomic E-state index is 0.194. The standard InChI is InChI=1S/C20H18ClN5O2S/c1-12-9-23-25(2)17(12)19(27)26(11-13-5-4-8-22-10-13)20-24-16-15(28-3)7-6-14(21)18(16)29-20/h4-10H,11H2,1-3H3. The van der Waals surface area contributed by atoms with Gasteiger partial charge in [0.1, 0.15) is 17.0 Å². The lowest BCUT2D eigenvalue weighted by Gasteiger charge is -2.20. The molecular formula is C20H18ClN5O2S. The van der Waals surface area contributed by atoms with Crippen LogP contribution in [0.4, 0.5) is 5.13 Å². The number of amides is 1. The van der Waals surface area contributed by atoms with Gasteiger partial charge >= 0.3 is 0 Å². The van der Waals surface area contributed by atoms with Crippen molar-refractivity contribution in [3.8, 4) is 5.75 Å². The highest BCUT2D eigenvalue weighted by atomic mass is 35.5. The van der Waals surface area contributed by atoms with Crippen molar-refractivity contribution in [2.45, 2.75) is 13.5 Å². The van der Waals surface area contributed by atoms with Crippen molar-refractivity contribution in [1.29, 1.82) is 0 Å². The van der Waals surface area contributed by atoms with Crippen molar-refractivity contribution >= 4 is 44.2 Å². The molecule has 0 N–H and O–H groups in total. The Morgan fingerprint density at radius 3 is 2.79 bits per heavy atom. The summed E-state index contributed by atoms with van der Waals surface area (Å²) in [5.74, 6) is 0.415. The van der Waals surface area contributed by atoms with E-state index in [0.717, 1.165) is 15.8 Å². The van der Waals surface area contributed by atoms with Gasteiger partial charge in [0.05, 0.1) is 29.6 Å². The SMILES string of the molecule is COc1ccc(Cl)c2sc(N(Cc3cccnc3)C(=O)c3c(C)cnn3C)nc12. The summed E-state index contributed by atoms with van der Waals surface area (Å²) in [5, 5.41) is 5.30. The van der Waals surface area contributed by atoms with Crippen LogP contribution in [0.3, 0.4) is 0 Å². The van der Waals surface area contributed by atoms with Gasteiger partial charge in [-0.15, -0.1) is 0 Å². The van der Waals surface area contributed by atoms with Gasteiger partial charge in [-0.1, -0.05) is 29.0 Å². The zero-order valence-electron chi connectivity index (χ0n) is 16.1. The highest BCUT2D eigenvalue weighted by Crippen LogP contribution is 2.39. The molecule has 0 aliphatic heterocycles. The monoisotopic (exact) mass is 427 g/mol. The van der Waals surface area contributed by atoms with E-state index in [2.05, 4.69) is 10.1 Å². The molecule has 4 rings (SSSR count). The Bertz CT molecular complexity index is 1170. The third kappa shape index (κ3) is 3.56. The second-order valence-electron chi connectivity index (χ2n) is 6.48. The van der Waals surface area contributed by atoms with Crippen LogP contribution in [0.1, 0.15) is 21.6 Å². The fourth-order valence-corrected chi connectivity index (χ4v) is 4.36. The van der Waals surface area contributed by atoms with Gasteiger partial charge < -0.3 is 4.74 Å². The van der Waals surface area contributed by atoms with E-state index in [1.54, 1.807) is 54.5 Å². The number of pyridine rings is 1. The van der Waals surface area contributed by atoms with E-state index in [0.29, 0.717) is 33.7 Å². The second kappa shape index (κ2) is 7.81. The molecule has 1 aromatic carbocycles. The summed E-state index contributed by atoms with van der Waals surface area (Å²) in [5.41, 5.74) is 2.82. The lowest BCUT2D eigenvalue weighted by atomic mass is 10.2. The van der Waals surface area contributed by atoms with Gasteiger partial charge in [-0.05, 0) is 36.2 Å². The van der Waals surface area contributed by atoms with E-state index in [-0.39, 0.29) is 5.91 Å². The third-order valence-corrected chi connectivity index (χ3v) is 6.07. The molecule has 7 nitrogen and oxygen atoms in total. The first-order valence-electron chi connectivity index (χ1n) is 8.82. The number of carbonyl (C=O) groups is 1. The number of hydrogen-bond donors (Lipinski definition) is 0. The number of benzene rings is 1. The summed E-state index contributed by atoms with van der Waals surface area (Å²) in [4.78, 5) is 24.0. The quantitative estimate of drug-likeness (QED) is 0.476. The number of methoxy groups -OCH3 is 1. The first-order chi connectivity index (χ1) is 14.0. The Hall–Kier alpha value is -2.97. The molecule has 0 fully saturated rings. The Labute approximate surface area is 176 Å². The summed E-state index contributed by atoms with van der Waals surface area (Å²) < 4.78 is 7.77. The predicted octanol–water partition coefficient (Wildman–Crippen LogP) is 4.24. The van der Waals surface area contributed by atoms with E-state index in [9.17, 15) is 4.79 Å². The molecule has 1 amide bonds. The molecule has 0 radical (unpaired) electrons. The Morgan fingerprint density at radius 1 is 1.31 bits per heavy atom. The number of aromatic nitrogens is 4. The van der Waals surface area contributed by atoms with Crippen molar-refractivity contribution in [3.05, 3.63) is 64.7 Å². The van der Waals surface area contributed by atoms with Gasteiger partial charge in [0.15, 0.2) is 5.13 Å². The number of aryl methyl sites for hydroxylation is 2. The van der Waals surface area contributed by atoms with Crippen molar-refractivity contribution in [3.63, 3.8) is 0 Å². The molecule has 0 atom stereocenters. The van der Waals surface area contributed by atoms with Gasteiger partial charge in [-0.2, -0.15) is 5.10 Å². The number of ether oxygens (including phenoxy) is 1. The van der Waals surface area contributed by atoms with Crippen LogP contribution in [0.25, 0.3) is 10.2 Å². The van der Waals surface area contributed by atoms with Crippen molar-refractivity contribution in [1.82, 2.24) is 19.7 Å². The van der Waals surface area contributed by atoms with Crippen LogP contribution in [0.15, 0.2) is 42.9 Å². The van der Waals surface area contributed by atoms with Crippen LogP contribution >= 0.6 is 22.9 Å². The minimum Gasteiger partial charge on any atom is -0.494 e. The van der Waals surface area contributed by atoms with Crippen LogP contribution in [0.5, 0.6) is 5.75 Å². The first-order valence-corrected chi connectivity index (χ1v) is 10.0. The number of thiazole rings is 1. The van der Waals surface area contributed by atoms with Crippen molar-refractivity contribution < 1.29 is 9.53 Å². The van der Waals surface area contributed by atoms with Crippen LogP contribution < -0.4 is 9.64 Å². The number of anilines is 1. The maximum atomic E-state index is 13.5. The highest BCUT2D eigenvalue weighted by Gasteiger charge is 2.26. The van der Waals surface area contributed by atoms with Crippen LogP contribution in [0.2, 0.25) is 5.02 Å². The van der Waals surface area contributed by atoms with E-state index >= 15 is 0 Å². The number of carbonyl (C=O) groups excluding carboxylic acids is 1. The maximum Gasteiger partial charge on any atom is 0.278 e. The van der Waals surface area contributed by atoms with Crippen LogP contribution in [-0.2, 0) is 13.6 Å². The van der Waals surface area contributed by atoms with Gasteiger partial charge in [0, 0.05) is 19.4 Å². The molecule has 0 bridgehead atoms. The molecule has 0 aliphatic carbocycles. The summed E-state index contributed by atoms with van der Waals surface area (Å²) in [6, 6.07) is 7.30. The number of halogens is 1. The van der Waals surface area contributed by atoms with E-state index < -0.39 is 0 Å². The molecule has 4 aromatic rings. The molecule has 0 spiro atoms. The maximum absolute atomic E-state index is 13.5. The normalized spacial score (nSPS) is 11.0. The van der Waals surface area contributed by atoms with Crippen LogP contribution in [0, 0.1) is 6.92 Å². The Kier molecular flexibility index (Phi) is 5.21. The van der Waals surface area contributed by atoms with E-state index in [1.165, 1.54) is 11.3 Å². The average Bonchev–Trinajstić information content (AvgIpc) is 3.31. The van der Waals surface area contributed by atoms with Crippen molar-refractivity contribution in [2.75, 3.05) is 12.0 Å². The van der Waals surface area contributed by atoms with Gasteiger partial charge in [-0.3, -0.25) is 19.4 Å². The topological polar surface area (TPSA) is 73.1 Å². The molecule has 148 valence electrons. The van der Waals surface area contributed by atoms with Gasteiger partial charge in [0.25, 0.3) is 5.91 Å². The Balaban J connectivity index is 1.85.